The Bertz CT molecular complexity index is 385. The summed E-state index contributed by atoms with van der Waals surface area (Å²) in [5.74, 6) is 1.83. The molecule has 2 nitrogen and oxygen atoms in total. The molecule has 1 aliphatic heterocycles. The molecule has 0 amide bonds. The third kappa shape index (κ3) is 2.54. The molecule has 0 fully saturated rings. The highest BCUT2D eigenvalue weighted by Crippen LogP contribution is 2.38. The van der Waals surface area contributed by atoms with Gasteiger partial charge in [0, 0.05) is 18.0 Å². The van der Waals surface area contributed by atoms with Crippen molar-refractivity contribution in [1.29, 1.82) is 0 Å². The van der Waals surface area contributed by atoms with Crippen LogP contribution in [-0.4, -0.2) is 13.2 Å². The lowest BCUT2D eigenvalue weighted by molar-refractivity contribution is 0.317. The second-order valence-electron chi connectivity index (χ2n) is 5.05. The van der Waals surface area contributed by atoms with Gasteiger partial charge in [0.1, 0.15) is 5.75 Å². The molecule has 1 aliphatic rings. The van der Waals surface area contributed by atoms with Crippen LogP contribution >= 0.6 is 0 Å². The Hall–Kier alpha value is -1.02. The van der Waals surface area contributed by atoms with Crippen LogP contribution in [0, 0.1) is 5.92 Å². The summed E-state index contributed by atoms with van der Waals surface area (Å²) in [5.41, 5.74) is 2.74. The van der Waals surface area contributed by atoms with Crippen LogP contribution in [0.4, 0.5) is 0 Å². The topological polar surface area (TPSA) is 21.3 Å². The number of benzene rings is 1. The zero-order chi connectivity index (χ0) is 13.0. The molecule has 0 saturated heterocycles. The van der Waals surface area contributed by atoms with E-state index in [2.05, 4.69) is 44.3 Å². The first-order valence-electron chi connectivity index (χ1n) is 7.29. The molecule has 0 aromatic heterocycles. The fraction of sp³-hybridized carbons (Fsp3) is 0.625. The molecule has 1 aromatic rings. The maximum Gasteiger partial charge on any atom is 0.127 e. The predicted molar refractivity (Wildman–Crippen MR) is 76.1 cm³/mol. The predicted octanol–water partition coefficient (Wildman–Crippen LogP) is 3.71. The SMILES string of the molecule is CCNC(c1cccc2c1OCC2)C(CC)CC. The largest absolute Gasteiger partial charge is 0.493 e. The minimum atomic E-state index is 0.429. The Kier molecular flexibility index (Phi) is 4.65. The van der Waals surface area contributed by atoms with Crippen LogP contribution in [0.25, 0.3) is 0 Å². The summed E-state index contributed by atoms with van der Waals surface area (Å²) in [4.78, 5) is 0. The van der Waals surface area contributed by atoms with Crippen molar-refractivity contribution in [3.05, 3.63) is 29.3 Å². The first-order valence-corrected chi connectivity index (χ1v) is 7.29. The molecule has 2 heteroatoms. The Balaban J connectivity index is 2.33. The number of fused-ring (bicyclic) bond motifs is 1. The van der Waals surface area contributed by atoms with Gasteiger partial charge in [-0.05, 0) is 18.0 Å². The monoisotopic (exact) mass is 247 g/mol. The van der Waals surface area contributed by atoms with E-state index in [0.717, 1.165) is 25.3 Å². The molecular formula is C16H25NO. The van der Waals surface area contributed by atoms with Gasteiger partial charge in [-0.25, -0.2) is 0 Å². The number of hydrogen-bond acceptors (Lipinski definition) is 2. The molecule has 0 radical (unpaired) electrons. The molecule has 0 bridgehead atoms. The summed E-state index contributed by atoms with van der Waals surface area (Å²) in [5, 5.41) is 3.65. The van der Waals surface area contributed by atoms with E-state index < -0.39 is 0 Å². The summed E-state index contributed by atoms with van der Waals surface area (Å²) < 4.78 is 5.86. The second kappa shape index (κ2) is 6.24. The van der Waals surface area contributed by atoms with E-state index >= 15 is 0 Å². The molecule has 1 unspecified atom stereocenters. The van der Waals surface area contributed by atoms with Gasteiger partial charge in [-0.2, -0.15) is 0 Å². The lowest BCUT2D eigenvalue weighted by Crippen LogP contribution is -2.28. The summed E-state index contributed by atoms with van der Waals surface area (Å²) in [6.07, 6.45) is 3.47. The summed E-state index contributed by atoms with van der Waals surface area (Å²) >= 11 is 0. The Morgan fingerprint density at radius 3 is 2.67 bits per heavy atom. The highest BCUT2D eigenvalue weighted by molar-refractivity contribution is 5.45. The quantitative estimate of drug-likeness (QED) is 0.827. The minimum Gasteiger partial charge on any atom is -0.493 e. The van der Waals surface area contributed by atoms with Crippen molar-refractivity contribution >= 4 is 0 Å². The Morgan fingerprint density at radius 2 is 2.00 bits per heavy atom. The van der Waals surface area contributed by atoms with Crippen molar-refractivity contribution in [1.82, 2.24) is 5.32 Å². The second-order valence-corrected chi connectivity index (χ2v) is 5.05. The van der Waals surface area contributed by atoms with E-state index in [1.165, 1.54) is 24.0 Å². The molecule has 1 heterocycles. The van der Waals surface area contributed by atoms with Crippen molar-refractivity contribution in [3.8, 4) is 5.75 Å². The lowest BCUT2D eigenvalue weighted by atomic mass is 9.87. The van der Waals surface area contributed by atoms with Crippen LogP contribution in [0.3, 0.4) is 0 Å². The number of nitrogens with one attached hydrogen (secondary N) is 1. The van der Waals surface area contributed by atoms with E-state index in [1.807, 2.05) is 0 Å². The van der Waals surface area contributed by atoms with Crippen molar-refractivity contribution in [3.63, 3.8) is 0 Å². The molecular weight excluding hydrogens is 222 g/mol. The van der Waals surface area contributed by atoms with Crippen LogP contribution < -0.4 is 10.1 Å². The van der Waals surface area contributed by atoms with Crippen molar-refractivity contribution < 1.29 is 4.74 Å². The van der Waals surface area contributed by atoms with Crippen LogP contribution in [0.2, 0.25) is 0 Å². The average molecular weight is 247 g/mol. The smallest absolute Gasteiger partial charge is 0.127 e. The van der Waals surface area contributed by atoms with Gasteiger partial charge in [0.15, 0.2) is 0 Å². The van der Waals surface area contributed by atoms with E-state index in [0.29, 0.717) is 12.0 Å². The maximum atomic E-state index is 5.86. The van der Waals surface area contributed by atoms with Crippen LogP contribution in [0.5, 0.6) is 5.75 Å². The third-order valence-corrected chi connectivity index (χ3v) is 4.02. The molecule has 1 N–H and O–H groups in total. The Morgan fingerprint density at radius 1 is 1.22 bits per heavy atom. The first kappa shape index (κ1) is 13.4. The summed E-state index contributed by atoms with van der Waals surface area (Å²) in [6.45, 7) is 8.59. The van der Waals surface area contributed by atoms with Crippen LogP contribution in [0.1, 0.15) is 50.8 Å². The maximum absolute atomic E-state index is 5.86. The number of hydrogen-bond donors (Lipinski definition) is 1. The molecule has 1 aromatic carbocycles. The van der Waals surface area contributed by atoms with Crippen LogP contribution in [-0.2, 0) is 6.42 Å². The first-order chi connectivity index (χ1) is 8.81. The van der Waals surface area contributed by atoms with Gasteiger partial charge in [-0.1, -0.05) is 51.8 Å². The van der Waals surface area contributed by atoms with Gasteiger partial charge in [0.25, 0.3) is 0 Å². The van der Waals surface area contributed by atoms with E-state index in [-0.39, 0.29) is 0 Å². The highest BCUT2D eigenvalue weighted by Gasteiger charge is 2.25. The molecule has 0 spiro atoms. The van der Waals surface area contributed by atoms with E-state index in [9.17, 15) is 0 Å². The zero-order valence-corrected chi connectivity index (χ0v) is 11.8. The normalized spacial score (nSPS) is 15.6. The third-order valence-electron chi connectivity index (χ3n) is 4.02. The van der Waals surface area contributed by atoms with Gasteiger partial charge in [0.05, 0.1) is 6.61 Å². The van der Waals surface area contributed by atoms with E-state index in [1.54, 1.807) is 0 Å². The summed E-state index contributed by atoms with van der Waals surface area (Å²) in [6, 6.07) is 7.03. The summed E-state index contributed by atoms with van der Waals surface area (Å²) in [7, 11) is 0. The van der Waals surface area contributed by atoms with Crippen LogP contribution in [0.15, 0.2) is 18.2 Å². The number of rotatable bonds is 6. The Labute approximate surface area is 111 Å². The standard InChI is InChI=1S/C16H25NO/c1-4-12(5-2)15(17-6-3)14-9-7-8-13-10-11-18-16(13)14/h7-9,12,15,17H,4-6,10-11H2,1-3H3. The van der Waals surface area contributed by atoms with E-state index in [4.69, 9.17) is 4.74 Å². The lowest BCUT2D eigenvalue weighted by Gasteiger charge is -2.27. The van der Waals surface area contributed by atoms with Gasteiger partial charge in [-0.15, -0.1) is 0 Å². The molecule has 18 heavy (non-hydrogen) atoms. The molecule has 1 atom stereocenters. The van der Waals surface area contributed by atoms with Crippen molar-refractivity contribution in [2.45, 2.75) is 46.1 Å². The molecule has 2 rings (SSSR count). The number of ether oxygens (including phenoxy) is 1. The van der Waals surface area contributed by atoms with Gasteiger partial charge < -0.3 is 10.1 Å². The van der Waals surface area contributed by atoms with Gasteiger partial charge in [-0.3, -0.25) is 0 Å². The molecule has 0 aliphatic carbocycles. The van der Waals surface area contributed by atoms with Crippen molar-refractivity contribution in [2.75, 3.05) is 13.2 Å². The number of para-hydroxylation sites is 1. The highest BCUT2D eigenvalue weighted by atomic mass is 16.5. The van der Waals surface area contributed by atoms with Gasteiger partial charge >= 0.3 is 0 Å². The fourth-order valence-electron chi connectivity index (χ4n) is 3.00. The van der Waals surface area contributed by atoms with Gasteiger partial charge in [0.2, 0.25) is 0 Å². The molecule has 0 saturated carbocycles. The van der Waals surface area contributed by atoms with Crippen molar-refractivity contribution in [2.24, 2.45) is 5.92 Å². The fourth-order valence-corrected chi connectivity index (χ4v) is 3.00. The molecule has 100 valence electrons. The average Bonchev–Trinajstić information content (AvgIpc) is 2.87. The minimum absolute atomic E-state index is 0.429. The zero-order valence-electron chi connectivity index (χ0n) is 11.8.